The van der Waals surface area contributed by atoms with Gasteiger partial charge < -0.3 is 5.11 Å². The first-order valence-electron chi connectivity index (χ1n) is 14.2. The number of allylic oxidation sites excluding steroid dienone is 2. The largest absolute Gasteiger partial charge is 0.508 e. The molecule has 7 nitrogen and oxygen atoms in total. The molecule has 4 amide bonds. The molecule has 2 heterocycles. The number of alkyl halides is 2. The second-order valence-electron chi connectivity index (χ2n) is 11.8. The molecule has 3 aromatic rings. The number of fused-ring (bicyclic) bond motifs is 4. The molecule has 2 saturated heterocycles. The fourth-order valence-corrected chi connectivity index (χ4v) is 8.82. The second kappa shape index (κ2) is 10.4. The van der Waals surface area contributed by atoms with Crippen molar-refractivity contribution >= 4 is 80.2 Å². The number of anilines is 2. The average molecular weight is 710 g/mol. The molecule has 45 heavy (non-hydrogen) atoms. The molecular weight excluding hydrogens is 686 g/mol. The minimum atomic E-state index is -2.14. The van der Waals surface area contributed by atoms with Crippen molar-refractivity contribution in [2.75, 3.05) is 9.80 Å². The Morgan fingerprint density at radius 2 is 1.53 bits per heavy atom. The standard InChI is InChI=1S/C34H24BrCl2FN2O5/c1-2-17-3-8-20(9-4-17)39-29(42)23-13-12-22-25(27(23)30(39)43)16-33(36)31(44)40(21-10-6-19(38)7-11-21)32(45)34(33,37)28(22)24-15-18(35)5-14-26(24)41/h2-12,14-15,23,25,27-28,41H,1,13,16H2. The van der Waals surface area contributed by atoms with E-state index in [1.807, 2.05) is 0 Å². The number of halogens is 4. The normalized spacial score (nSPS) is 30.6. The lowest BCUT2D eigenvalue weighted by atomic mass is 9.56. The molecule has 1 N–H and O–H groups in total. The Morgan fingerprint density at radius 3 is 2.20 bits per heavy atom. The summed E-state index contributed by atoms with van der Waals surface area (Å²) in [5, 5.41) is 11.1. The maximum atomic E-state index is 14.4. The van der Waals surface area contributed by atoms with E-state index in [0.29, 0.717) is 15.7 Å². The van der Waals surface area contributed by atoms with Crippen LogP contribution >= 0.6 is 39.1 Å². The Labute approximate surface area is 276 Å². The molecule has 2 aliphatic heterocycles. The first-order chi connectivity index (χ1) is 21.4. The van der Waals surface area contributed by atoms with Crippen LogP contribution in [-0.4, -0.2) is 38.5 Å². The van der Waals surface area contributed by atoms with E-state index in [0.717, 1.165) is 22.6 Å². The van der Waals surface area contributed by atoms with Gasteiger partial charge in [0.15, 0.2) is 9.75 Å². The van der Waals surface area contributed by atoms with E-state index in [-0.39, 0.29) is 35.7 Å². The quantitative estimate of drug-likeness (QED) is 0.185. The number of phenolic OH excluding ortho intramolecular Hbond substituents is 1. The van der Waals surface area contributed by atoms with Gasteiger partial charge in [0, 0.05) is 16.0 Å². The topological polar surface area (TPSA) is 95.0 Å². The van der Waals surface area contributed by atoms with E-state index < -0.39 is 57.0 Å². The van der Waals surface area contributed by atoms with Gasteiger partial charge in [-0.05, 0) is 78.9 Å². The molecule has 2 aliphatic carbocycles. The molecule has 7 rings (SSSR count). The maximum Gasteiger partial charge on any atom is 0.258 e. The van der Waals surface area contributed by atoms with E-state index in [2.05, 4.69) is 22.5 Å². The van der Waals surface area contributed by atoms with Crippen molar-refractivity contribution in [3.05, 3.63) is 106 Å². The van der Waals surface area contributed by atoms with Crippen LogP contribution in [-0.2, 0) is 19.2 Å². The molecule has 4 aliphatic rings. The van der Waals surface area contributed by atoms with Crippen LogP contribution in [0.5, 0.6) is 5.75 Å². The minimum Gasteiger partial charge on any atom is -0.508 e. The predicted octanol–water partition coefficient (Wildman–Crippen LogP) is 6.70. The highest BCUT2D eigenvalue weighted by Crippen LogP contribution is 2.66. The first kappa shape index (κ1) is 29.9. The monoisotopic (exact) mass is 708 g/mol. The summed E-state index contributed by atoms with van der Waals surface area (Å²) >= 11 is 18.1. The summed E-state index contributed by atoms with van der Waals surface area (Å²) in [6, 6.07) is 16.3. The maximum absolute atomic E-state index is 14.4. The van der Waals surface area contributed by atoms with Crippen LogP contribution in [0.3, 0.4) is 0 Å². The van der Waals surface area contributed by atoms with Gasteiger partial charge in [0.05, 0.1) is 23.2 Å². The summed E-state index contributed by atoms with van der Waals surface area (Å²) in [6.45, 7) is 3.74. The third-order valence-corrected chi connectivity index (χ3v) is 11.5. The van der Waals surface area contributed by atoms with Crippen molar-refractivity contribution in [1.29, 1.82) is 0 Å². The van der Waals surface area contributed by atoms with E-state index >= 15 is 0 Å². The minimum absolute atomic E-state index is 0.0779. The molecule has 0 aromatic heterocycles. The lowest BCUT2D eigenvalue weighted by Gasteiger charge is -2.50. The highest BCUT2D eigenvalue weighted by atomic mass is 79.9. The van der Waals surface area contributed by atoms with Crippen molar-refractivity contribution < 1.29 is 28.7 Å². The Kier molecular flexibility index (Phi) is 6.89. The number of hydrogen-bond acceptors (Lipinski definition) is 5. The van der Waals surface area contributed by atoms with E-state index in [4.69, 9.17) is 23.2 Å². The fraction of sp³-hybridized carbons (Fsp3) is 0.235. The van der Waals surface area contributed by atoms with Gasteiger partial charge in [-0.2, -0.15) is 0 Å². The number of carbonyl (C=O) groups excluding carboxylic acids is 4. The number of rotatable bonds is 4. The van der Waals surface area contributed by atoms with Crippen LogP contribution in [0.15, 0.2) is 89.4 Å². The zero-order valence-electron chi connectivity index (χ0n) is 23.4. The molecule has 0 bridgehead atoms. The van der Waals surface area contributed by atoms with Gasteiger partial charge in [-0.3, -0.25) is 24.1 Å². The second-order valence-corrected chi connectivity index (χ2v) is 13.9. The number of nitrogens with zero attached hydrogens (tertiary/aromatic N) is 2. The van der Waals surface area contributed by atoms with E-state index in [1.165, 1.54) is 23.1 Å². The number of carbonyl (C=O) groups is 4. The summed E-state index contributed by atoms with van der Waals surface area (Å²) < 4.78 is 14.4. The Bertz CT molecular complexity index is 1860. The van der Waals surface area contributed by atoms with Gasteiger partial charge in [0.25, 0.3) is 11.8 Å². The summed E-state index contributed by atoms with van der Waals surface area (Å²) in [7, 11) is 0. The van der Waals surface area contributed by atoms with Gasteiger partial charge in [-0.25, -0.2) is 9.29 Å². The summed E-state index contributed by atoms with van der Waals surface area (Å²) in [5.74, 6) is -6.79. The number of amides is 4. The molecule has 11 heteroatoms. The highest BCUT2D eigenvalue weighted by molar-refractivity contribution is 9.10. The van der Waals surface area contributed by atoms with E-state index in [1.54, 1.807) is 48.6 Å². The van der Waals surface area contributed by atoms with Crippen LogP contribution in [0.2, 0.25) is 0 Å². The molecule has 1 saturated carbocycles. The molecule has 228 valence electrons. The Hall–Kier alpha value is -3.79. The van der Waals surface area contributed by atoms with Crippen molar-refractivity contribution in [1.82, 2.24) is 0 Å². The molecule has 3 aromatic carbocycles. The highest BCUT2D eigenvalue weighted by Gasteiger charge is 2.77. The smallest absolute Gasteiger partial charge is 0.258 e. The lowest BCUT2D eigenvalue weighted by molar-refractivity contribution is -0.125. The van der Waals surface area contributed by atoms with Crippen LogP contribution in [0, 0.1) is 23.6 Å². The van der Waals surface area contributed by atoms with Crippen LogP contribution in [0.1, 0.15) is 29.9 Å². The van der Waals surface area contributed by atoms with Crippen molar-refractivity contribution in [2.24, 2.45) is 17.8 Å². The Balaban J connectivity index is 1.40. The zero-order valence-corrected chi connectivity index (χ0v) is 26.5. The average Bonchev–Trinajstić information content (AvgIpc) is 3.37. The van der Waals surface area contributed by atoms with E-state index in [9.17, 15) is 28.7 Å². The molecule has 3 fully saturated rings. The third kappa shape index (κ3) is 4.06. The van der Waals surface area contributed by atoms with Gasteiger partial charge in [-0.15, -0.1) is 23.2 Å². The third-order valence-electron chi connectivity index (χ3n) is 9.58. The molecule has 0 radical (unpaired) electrons. The number of phenols is 1. The van der Waals surface area contributed by atoms with Crippen molar-refractivity contribution in [2.45, 2.75) is 28.5 Å². The SMILES string of the molecule is C=Cc1ccc(N2C(=O)C3CC=C4C(CC5(Cl)C(=O)N(c6ccc(F)cc6)C(=O)C5(Cl)C4c4cc(Br)ccc4O)C3C2=O)cc1. The van der Waals surface area contributed by atoms with Gasteiger partial charge in [-0.1, -0.05) is 52.4 Å². The number of benzene rings is 3. The van der Waals surface area contributed by atoms with Crippen LogP contribution < -0.4 is 9.80 Å². The molecule has 6 unspecified atom stereocenters. The molecular formula is C34H24BrCl2FN2O5. The first-order valence-corrected chi connectivity index (χ1v) is 15.8. The molecule has 0 spiro atoms. The van der Waals surface area contributed by atoms with Gasteiger partial charge in [0.2, 0.25) is 11.8 Å². The van der Waals surface area contributed by atoms with Crippen LogP contribution in [0.25, 0.3) is 6.08 Å². The fourth-order valence-electron chi connectivity index (χ4n) is 7.51. The van der Waals surface area contributed by atoms with Crippen LogP contribution in [0.4, 0.5) is 15.8 Å². The number of aromatic hydroxyl groups is 1. The Morgan fingerprint density at radius 1 is 0.889 bits per heavy atom. The predicted molar refractivity (Wildman–Crippen MR) is 171 cm³/mol. The van der Waals surface area contributed by atoms with Crippen molar-refractivity contribution in [3.63, 3.8) is 0 Å². The zero-order chi connectivity index (χ0) is 32.0. The summed E-state index contributed by atoms with van der Waals surface area (Å²) in [4.78, 5) is 54.4. The van der Waals surface area contributed by atoms with Gasteiger partial charge >= 0.3 is 0 Å². The van der Waals surface area contributed by atoms with Crippen molar-refractivity contribution in [3.8, 4) is 5.75 Å². The summed E-state index contributed by atoms with van der Waals surface area (Å²) in [6.07, 6.45) is 3.41. The molecule has 6 atom stereocenters. The van der Waals surface area contributed by atoms with Gasteiger partial charge in [0.1, 0.15) is 11.6 Å². The number of imide groups is 2. The lowest BCUT2D eigenvalue weighted by Crippen LogP contribution is -2.60. The summed E-state index contributed by atoms with van der Waals surface area (Å²) in [5.41, 5.74) is 2.08. The number of hydrogen-bond donors (Lipinski definition) is 1.